The van der Waals surface area contributed by atoms with Gasteiger partial charge in [0.25, 0.3) is 0 Å². The summed E-state index contributed by atoms with van der Waals surface area (Å²) in [7, 11) is 1.27. The lowest BCUT2D eigenvalue weighted by Crippen LogP contribution is -2.34. The van der Waals surface area contributed by atoms with Crippen LogP contribution in [-0.4, -0.2) is 40.7 Å². The molecule has 1 aromatic heterocycles. The molecule has 27 heavy (non-hydrogen) atoms. The van der Waals surface area contributed by atoms with Crippen molar-refractivity contribution >= 4 is 17.0 Å². The van der Waals surface area contributed by atoms with Crippen LogP contribution in [0, 0.1) is 0 Å². The highest BCUT2D eigenvalue weighted by molar-refractivity contribution is 5.77. The van der Waals surface area contributed by atoms with Crippen molar-refractivity contribution in [3.63, 3.8) is 0 Å². The van der Waals surface area contributed by atoms with E-state index in [4.69, 9.17) is 0 Å². The molecule has 0 saturated heterocycles. The highest BCUT2D eigenvalue weighted by atomic mass is 19.4. The maximum atomic E-state index is 12.2. The number of hydrogen-bond acceptors (Lipinski definition) is 3. The number of carbonyl (C=O) groups excluding carboxylic acids is 1. The van der Waals surface area contributed by atoms with Crippen LogP contribution in [0.1, 0.15) is 18.0 Å². The molecule has 5 nitrogen and oxygen atoms in total. The first-order valence-electron chi connectivity index (χ1n) is 8.33. The average Bonchev–Trinajstić information content (AvgIpc) is 3.05. The second-order valence-corrected chi connectivity index (χ2v) is 6.12. The molecule has 2 aromatic carbocycles. The van der Waals surface area contributed by atoms with E-state index in [1.165, 1.54) is 7.05 Å². The van der Waals surface area contributed by atoms with E-state index in [1.54, 1.807) is 4.68 Å². The van der Waals surface area contributed by atoms with E-state index in [9.17, 15) is 18.0 Å². The molecule has 0 aliphatic heterocycles. The van der Waals surface area contributed by atoms with Crippen molar-refractivity contribution in [2.45, 2.75) is 18.8 Å². The van der Waals surface area contributed by atoms with Crippen LogP contribution < -0.4 is 0 Å². The highest BCUT2D eigenvalue weighted by Crippen LogP contribution is 2.25. The monoisotopic (exact) mass is 377 g/mol. The van der Waals surface area contributed by atoms with Crippen LogP contribution in [0.25, 0.3) is 10.9 Å². The normalized spacial score (nSPS) is 12.7. The van der Waals surface area contributed by atoms with Crippen LogP contribution in [0.5, 0.6) is 0 Å². The van der Waals surface area contributed by atoms with Gasteiger partial charge >= 0.3 is 12.5 Å². The minimum absolute atomic E-state index is 0.0741. The first-order valence-corrected chi connectivity index (χ1v) is 8.33. The largest absolute Gasteiger partial charge is 0.576 e. The summed E-state index contributed by atoms with van der Waals surface area (Å²) in [6.07, 6.45) is -4.16. The SMILES string of the molecule is CN(CCC(c1ccccc1)n1cc2ccccc2n1)C(=O)OC(F)(F)F. The van der Waals surface area contributed by atoms with E-state index in [2.05, 4.69) is 9.84 Å². The Morgan fingerprint density at radius 3 is 2.48 bits per heavy atom. The van der Waals surface area contributed by atoms with Gasteiger partial charge in [-0.15, -0.1) is 13.2 Å². The predicted molar refractivity (Wildman–Crippen MR) is 94.1 cm³/mol. The number of halogens is 3. The summed E-state index contributed by atoms with van der Waals surface area (Å²) in [6.45, 7) is 0.0741. The smallest absolute Gasteiger partial charge is 0.356 e. The Kier molecular flexibility index (Phi) is 5.34. The Hall–Kier alpha value is -3.03. The minimum Gasteiger partial charge on any atom is -0.356 e. The molecule has 0 bridgehead atoms. The van der Waals surface area contributed by atoms with Crippen LogP contribution in [-0.2, 0) is 4.74 Å². The lowest BCUT2D eigenvalue weighted by molar-refractivity contribution is -0.294. The number of nitrogens with zero attached hydrogens (tertiary/aromatic N) is 3. The number of carbonyl (C=O) groups is 1. The number of fused-ring (bicyclic) bond motifs is 1. The maximum absolute atomic E-state index is 12.2. The Labute approximate surface area is 153 Å². The fourth-order valence-electron chi connectivity index (χ4n) is 2.85. The number of rotatable bonds is 5. The molecule has 142 valence electrons. The van der Waals surface area contributed by atoms with Crippen molar-refractivity contribution in [3.05, 3.63) is 66.4 Å². The Bertz CT molecular complexity index is 876. The number of benzene rings is 2. The standard InChI is InChI=1S/C19H18F3N3O2/c1-24(18(26)27-19(20,21)22)12-11-17(14-7-3-2-4-8-14)25-13-15-9-5-6-10-16(15)23-25/h2-10,13,17H,11-12H2,1H3. The predicted octanol–water partition coefficient (Wildman–Crippen LogP) is 4.60. The fraction of sp³-hybridized carbons (Fsp3) is 0.263. The molecular weight excluding hydrogens is 359 g/mol. The van der Waals surface area contributed by atoms with Crippen LogP contribution in [0.3, 0.4) is 0 Å². The summed E-state index contributed by atoms with van der Waals surface area (Å²) in [5.74, 6) is 0. The molecule has 0 aliphatic rings. The molecule has 0 fully saturated rings. The number of alkyl halides is 3. The van der Waals surface area contributed by atoms with Crippen molar-refractivity contribution in [3.8, 4) is 0 Å². The van der Waals surface area contributed by atoms with Crippen molar-refractivity contribution in [2.24, 2.45) is 0 Å². The first kappa shape index (κ1) is 18.8. The molecule has 3 rings (SSSR count). The van der Waals surface area contributed by atoms with Gasteiger partial charge in [0.2, 0.25) is 0 Å². The van der Waals surface area contributed by atoms with E-state index in [1.807, 2.05) is 60.8 Å². The van der Waals surface area contributed by atoms with Gasteiger partial charge in [-0.25, -0.2) is 4.79 Å². The van der Waals surface area contributed by atoms with E-state index in [0.29, 0.717) is 6.42 Å². The zero-order chi connectivity index (χ0) is 19.4. The van der Waals surface area contributed by atoms with Gasteiger partial charge in [0.05, 0.1) is 11.6 Å². The topological polar surface area (TPSA) is 47.4 Å². The van der Waals surface area contributed by atoms with Gasteiger partial charge in [0.1, 0.15) is 0 Å². The summed E-state index contributed by atoms with van der Waals surface area (Å²) < 4.78 is 41.9. The van der Waals surface area contributed by atoms with Crippen molar-refractivity contribution in [1.29, 1.82) is 0 Å². The van der Waals surface area contributed by atoms with Gasteiger partial charge in [-0.2, -0.15) is 5.10 Å². The second kappa shape index (κ2) is 7.69. The van der Waals surface area contributed by atoms with Gasteiger partial charge in [0, 0.05) is 25.2 Å². The molecule has 3 aromatic rings. The molecule has 8 heteroatoms. The Morgan fingerprint density at radius 1 is 1.15 bits per heavy atom. The van der Waals surface area contributed by atoms with Gasteiger partial charge < -0.3 is 9.64 Å². The summed E-state index contributed by atoms with van der Waals surface area (Å²) in [5, 5.41) is 5.53. The molecule has 0 N–H and O–H groups in total. The molecule has 1 heterocycles. The fourth-order valence-corrected chi connectivity index (χ4v) is 2.85. The van der Waals surface area contributed by atoms with E-state index in [-0.39, 0.29) is 12.6 Å². The zero-order valence-corrected chi connectivity index (χ0v) is 14.6. The highest BCUT2D eigenvalue weighted by Gasteiger charge is 2.35. The number of hydrogen-bond donors (Lipinski definition) is 0. The van der Waals surface area contributed by atoms with E-state index < -0.39 is 12.5 Å². The van der Waals surface area contributed by atoms with Gasteiger partial charge in [-0.05, 0) is 18.1 Å². The molecule has 1 amide bonds. The van der Waals surface area contributed by atoms with E-state index in [0.717, 1.165) is 21.4 Å². The summed E-state index contributed by atoms with van der Waals surface area (Å²) in [4.78, 5) is 12.5. The summed E-state index contributed by atoms with van der Waals surface area (Å²) >= 11 is 0. The van der Waals surface area contributed by atoms with Crippen LogP contribution >= 0.6 is 0 Å². The molecule has 0 spiro atoms. The van der Waals surface area contributed by atoms with Gasteiger partial charge in [-0.3, -0.25) is 4.68 Å². The number of aromatic nitrogens is 2. The average molecular weight is 377 g/mol. The van der Waals surface area contributed by atoms with Gasteiger partial charge in [-0.1, -0.05) is 48.5 Å². The quantitative estimate of drug-likeness (QED) is 0.653. The number of amides is 1. The van der Waals surface area contributed by atoms with Crippen LogP contribution in [0.4, 0.5) is 18.0 Å². The number of ether oxygens (including phenoxy) is 1. The lowest BCUT2D eigenvalue weighted by atomic mass is 10.0. The molecule has 1 atom stereocenters. The third kappa shape index (κ3) is 4.78. The third-order valence-electron chi connectivity index (χ3n) is 4.19. The van der Waals surface area contributed by atoms with Crippen molar-refractivity contribution in [1.82, 2.24) is 14.7 Å². The Morgan fingerprint density at radius 2 is 1.81 bits per heavy atom. The molecule has 0 saturated carbocycles. The van der Waals surface area contributed by atoms with Gasteiger partial charge in [0.15, 0.2) is 0 Å². The minimum atomic E-state index is -5.00. The second-order valence-electron chi connectivity index (χ2n) is 6.12. The summed E-state index contributed by atoms with van der Waals surface area (Å²) in [6, 6.07) is 16.9. The Balaban J connectivity index is 1.80. The van der Waals surface area contributed by atoms with Crippen LogP contribution in [0.15, 0.2) is 60.8 Å². The third-order valence-corrected chi connectivity index (χ3v) is 4.19. The molecule has 0 radical (unpaired) electrons. The summed E-state index contributed by atoms with van der Waals surface area (Å²) in [5.41, 5.74) is 1.77. The van der Waals surface area contributed by atoms with Crippen molar-refractivity contribution < 1.29 is 22.7 Å². The molecular formula is C19H18F3N3O2. The van der Waals surface area contributed by atoms with Crippen LogP contribution in [0.2, 0.25) is 0 Å². The molecule has 1 unspecified atom stereocenters. The molecule has 0 aliphatic carbocycles. The maximum Gasteiger partial charge on any atom is 0.576 e. The first-order chi connectivity index (χ1) is 12.8. The lowest BCUT2D eigenvalue weighted by Gasteiger charge is -2.22. The van der Waals surface area contributed by atoms with Crippen molar-refractivity contribution in [2.75, 3.05) is 13.6 Å². The van der Waals surface area contributed by atoms with E-state index >= 15 is 0 Å². The zero-order valence-electron chi connectivity index (χ0n) is 14.6.